The molecule has 1 aliphatic rings. The summed E-state index contributed by atoms with van der Waals surface area (Å²) >= 11 is 18.2. The second-order valence-corrected chi connectivity index (χ2v) is 10.4. The van der Waals surface area contributed by atoms with E-state index in [9.17, 15) is 13.2 Å². The number of nitrogens with zero attached hydrogens (tertiary/aromatic N) is 2. The first-order valence-corrected chi connectivity index (χ1v) is 12.4. The Bertz CT molecular complexity index is 1300. The summed E-state index contributed by atoms with van der Waals surface area (Å²) in [5.41, 5.74) is 1.27. The van der Waals surface area contributed by atoms with Crippen molar-refractivity contribution in [1.82, 2.24) is 14.8 Å². The van der Waals surface area contributed by atoms with Crippen LogP contribution in [0.1, 0.15) is 16.9 Å². The van der Waals surface area contributed by atoms with E-state index in [2.05, 4.69) is 10.5 Å². The van der Waals surface area contributed by atoms with Gasteiger partial charge in [-0.05, 0) is 41.4 Å². The van der Waals surface area contributed by atoms with Crippen LogP contribution < -0.4 is 10.1 Å². The smallest absolute Gasteiger partial charge is 0.388 e. The number of benzene rings is 2. The van der Waals surface area contributed by atoms with Crippen molar-refractivity contribution >= 4 is 50.9 Å². The number of hydrogen-bond donors (Lipinski definition) is 1. The van der Waals surface area contributed by atoms with Crippen molar-refractivity contribution in [3.63, 3.8) is 0 Å². The molecule has 0 unspecified atom stereocenters. The molecule has 8 nitrogen and oxygen atoms in total. The molecular formula is C21H18Cl3N3O5S. The number of sulfonamides is 1. The molecule has 1 aliphatic heterocycles. The maximum atomic E-state index is 13.1. The molecule has 0 spiro atoms. The van der Waals surface area contributed by atoms with Gasteiger partial charge in [-0.25, -0.2) is 13.2 Å². The maximum Gasteiger partial charge on any atom is 0.414 e. The minimum atomic E-state index is -3.95. The molecule has 0 atom stereocenters. The summed E-state index contributed by atoms with van der Waals surface area (Å²) < 4.78 is 38.0. The van der Waals surface area contributed by atoms with Crippen LogP contribution in [0, 0.1) is 0 Å². The molecule has 1 aromatic heterocycles. The number of fused-ring (bicyclic) bond motifs is 1. The highest BCUT2D eigenvalue weighted by Gasteiger charge is 2.34. The van der Waals surface area contributed by atoms with Gasteiger partial charge in [0.15, 0.2) is 0 Å². The van der Waals surface area contributed by atoms with Gasteiger partial charge in [-0.1, -0.05) is 53.0 Å². The lowest BCUT2D eigenvalue weighted by atomic mass is 10.1. The van der Waals surface area contributed by atoms with Gasteiger partial charge >= 0.3 is 6.09 Å². The van der Waals surface area contributed by atoms with Gasteiger partial charge in [-0.2, -0.15) is 4.31 Å². The Morgan fingerprint density at radius 1 is 1.15 bits per heavy atom. The van der Waals surface area contributed by atoms with Gasteiger partial charge in [-0.3, -0.25) is 0 Å². The minimum absolute atomic E-state index is 0.0601. The quantitative estimate of drug-likeness (QED) is 0.495. The van der Waals surface area contributed by atoms with Crippen molar-refractivity contribution in [3.05, 3.63) is 74.4 Å². The van der Waals surface area contributed by atoms with E-state index in [1.165, 1.54) is 22.5 Å². The molecule has 2 aromatic carbocycles. The average molecular weight is 531 g/mol. The second kappa shape index (κ2) is 9.90. The van der Waals surface area contributed by atoms with E-state index in [-0.39, 0.29) is 46.9 Å². The number of aromatic nitrogens is 1. The van der Waals surface area contributed by atoms with Crippen molar-refractivity contribution in [2.45, 2.75) is 24.3 Å². The first kappa shape index (κ1) is 23.8. The zero-order valence-corrected chi connectivity index (χ0v) is 20.1. The Morgan fingerprint density at radius 3 is 2.73 bits per heavy atom. The lowest BCUT2D eigenvalue weighted by molar-refractivity contribution is 0.195. The van der Waals surface area contributed by atoms with Crippen LogP contribution in [-0.2, 0) is 29.4 Å². The number of ether oxygens (including phenoxy) is 1. The molecule has 0 fully saturated rings. The van der Waals surface area contributed by atoms with Crippen LogP contribution >= 0.6 is 34.8 Å². The highest BCUT2D eigenvalue weighted by atomic mass is 35.5. The Labute approximate surface area is 205 Å². The van der Waals surface area contributed by atoms with Crippen molar-refractivity contribution in [1.29, 1.82) is 0 Å². The summed E-state index contributed by atoms with van der Waals surface area (Å²) in [7, 11) is -3.95. The molecule has 12 heteroatoms. The van der Waals surface area contributed by atoms with E-state index in [0.717, 1.165) is 5.56 Å². The van der Waals surface area contributed by atoms with Crippen LogP contribution in [0.5, 0.6) is 5.88 Å². The van der Waals surface area contributed by atoms with E-state index in [1.807, 2.05) is 18.2 Å². The predicted octanol–water partition coefficient (Wildman–Crippen LogP) is 4.71. The van der Waals surface area contributed by atoms with Crippen LogP contribution in [-0.4, -0.2) is 37.1 Å². The molecule has 0 saturated carbocycles. The first-order chi connectivity index (χ1) is 15.8. The van der Waals surface area contributed by atoms with Crippen molar-refractivity contribution < 1.29 is 22.5 Å². The average Bonchev–Trinajstić information content (AvgIpc) is 3.18. The molecule has 4 rings (SSSR count). The molecule has 0 aliphatic carbocycles. The highest BCUT2D eigenvalue weighted by molar-refractivity contribution is 7.89. The van der Waals surface area contributed by atoms with Gasteiger partial charge in [0.05, 0.1) is 10.6 Å². The number of halogens is 3. The molecule has 1 N–H and O–H groups in total. The zero-order chi connectivity index (χ0) is 23.6. The molecule has 0 bridgehead atoms. The number of amides is 1. The van der Waals surface area contributed by atoms with Crippen molar-refractivity contribution in [3.8, 4) is 5.88 Å². The summed E-state index contributed by atoms with van der Waals surface area (Å²) in [5.74, 6) is 0.370. The van der Waals surface area contributed by atoms with Crippen LogP contribution in [0.25, 0.3) is 0 Å². The summed E-state index contributed by atoms with van der Waals surface area (Å²) in [6.07, 6.45) is 0.0334. The summed E-state index contributed by atoms with van der Waals surface area (Å²) in [5, 5.41) is 7.33. The van der Waals surface area contributed by atoms with Crippen LogP contribution in [0.15, 0.2) is 51.9 Å². The van der Waals surface area contributed by atoms with E-state index in [0.29, 0.717) is 22.8 Å². The number of rotatable bonds is 6. The maximum absolute atomic E-state index is 13.1. The minimum Gasteiger partial charge on any atom is -0.388 e. The van der Waals surface area contributed by atoms with E-state index in [1.54, 1.807) is 6.07 Å². The number of carbonyl (C=O) groups is 1. The topological polar surface area (TPSA) is 102 Å². The molecule has 0 saturated heterocycles. The van der Waals surface area contributed by atoms with Gasteiger partial charge in [0.25, 0.3) is 5.88 Å². The largest absolute Gasteiger partial charge is 0.414 e. The van der Waals surface area contributed by atoms with Gasteiger partial charge in [0.2, 0.25) is 10.0 Å². The third-order valence-electron chi connectivity index (χ3n) is 5.08. The molecule has 33 heavy (non-hydrogen) atoms. The fourth-order valence-electron chi connectivity index (χ4n) is 3.38. The first-order valence-electron chi connectivity index (χ1n) is 9.87. The third-order valence-corrected chi connectivity index (χ3v) is 8.01. The van der Waals surface area contributed by atoms with Gasteiger partial charge in [-0.15, -0.1) is 0 Å². The number of nitrogens with one attached hydrogen (secondary N) is 1. The fraction of sp³-hybridized carbons (Fsp3) is 0.238. The van der Waals surface area contributed by atoms with Crippen molar-refractivity contribution in [2.24, 2.45) is 0 Å². The lowest BCUT2D eigenvalue weighted by Crippen LogP contribution is -2.36. The Kier molecular flexibility index (Phi) is 7.16. The Hall–Kier alpha value is -2.30. The summed E-state index contributed by atoms with van der Waals surface area (Å²) in [4.78, 5) is 12.1. The molecule has 3 aromatic rings. The third kappa shape index (κ3) is 5.28. The normalized spacial score (nSPS) is 14.0. The van der Waals surface area contributed by atoms with Crippen molar-refractivity contribution in [2.75, 3.05) is 13.1 Å². The van der Waals surface area contributed by atoms with Crippen LogP contribution in [0.2, 0.25) is 15.1 Å². The van der Waals surface area contributed by atoms with Gasteiger partial charge in [0.1, 0.15) is 10.7 Å². The number of hydrogen-bond acceptors (Lipinski definition) is 6. The highest BCUT2D eigenvalue weighted by Crippen LogP contribution is 2.33. The Morgan fingerprint density at radius 2 is 1.94 bits per heavy atom. The molecule has 2 heterocycles. The fourth-order valence-corrected chi connectivity index (χ4v) is 5.76. The predicted molar refractivity (Wildman–Crippen MR) is 123 cm³/mol. The lowest BCUT2D eigenvalue weighted by Gasteiger charge is -2.25. The molecule has 1 amide bonds. The van der Waals surface area contributed by atoms with Crippen LogP contribution in [0.4, 0.5) is 4.79 Å². The molecule has 174 valence electrons. The Balaban J connectivity index is 1.43. The van der Waals surface area contributed by atoms with Gasteiger partial charge < -0.3 is 14.6 Å². The van der Waals surface area contributed by atoms with E-state index >= 15 is 0 Å². The van der Waals surface area contributed by atoms with E-state index < -0.39 is 16.1 Å². The standard InChI is InChI=1S/C21H18Cl3N3O5S/c22-14-5-6-17(24)19(11-14)33(29,30)27-10-8-18-15(12-27)20(26-32-18)31-21(28)25-9-7-13-3-1-2-4-16(13)23/h1-6,11H,7-10,12H2,(H,25,28). The molecule has 0 radical (unpaired) electrons. The summed E-state index contributed by atoms with van der Waals surface area (Å²) in [6, 6.07) is 11.5. The SMILES string of the molecule is O=C(NCCc1ccccc1Cl)Oc1noc2c1CN(S(=O)(=O)c1cc(Cl)ccc1Cl)CC2. The van der Waals surface area contributed by atoms with E-state index in [4.69, 9.17) is 44.1 Å². The monoisotopic (exact) mass is 529 g/mol. The molecular weight excluding hydrogens is 513 g/mol. The van der Waals surface area contributed by atoms with Gasteiger partial charge in [0, 0.05) is 36.1 Å². The van der Waals surface area contributed by atoms with Crippen LogP contribution in [0.3, 0.4) is 0 Å². The summed E-state index contributed by atoms with van der Waals surface area (Å²) in [6.45, 7) is 0.347. The zero-order valence-electron chi connectivity index (χ0n) is 17.1. The number of carbonyl (C=O) groups excluding carboxylic acids is 1. The second-order valence-electron chi connectivity index (χ2n) is 7.21.